The van der Waals surface area contributed by atoms with E-state index in [0.29, 0.717) is 36.0 Å². The third-order valence-electron chi connectivity index (χ3n) is 3.83. The van der Waals surface area contributed by atoms with Crippen LogP contribution in [0.1, 0.15) is 15.2 Å². The van der Waals surface area contributed by atoms with Crippen LogP contribution in [0.3, 0.4) is 0 Å². The van der Waals surface area contributed by atoms with Crippen LogP contribution in [0.2, 0.25) is 0 Å². The zero-order valence-electron chi connectivity index (χ0n) is 14.3. The number of aromatic nitrogens is 2. The summed E-state index contributed by atoms with van der Waals surface area (Å²) in [6.07, 6.45) is 0.961. The number of nitrogens with zero attached hydrogens (tertiary/aromatic N) is 2. The second kappa shape index (κ2) is 8.73. The molecule has 140 valence electrons. The highest BCUT2D eigenvalue weighted by atomic mass is 32.2. The maximum Gasteiger partial charge on any atom is 0.206 e. The predicted octanol–water partition coefficient (Wildman–Crippen LogP) is 4.00. The molecule has 0 saturated heterocycles. The number of Topliss-reactive ketones (excluding diaryl/α,β-unsaturated/α-hetero) is 1. The van der Waals surface area contributed by atoms with E-state index < -0.39 is 0 Å². The van der Waals surface area contributed by atoms with E-state index in [1.807, 2.05) is 0 Å². The first-order valence-corrected chi connectivity index (χ1v) is 11.1. The molecule has 0 atom stereocenters. The van der Waals surface area contributed by atoms with E-state index in [-0.39, 0.29) is 5.78 Å². The lowest BCUT2D eigenvalue weighted by Gasteiger charge is -2.18. The maximum atomic E-state index is 12.4. The van der Waals surface area contributed by atoms with Gasteiger partial charge in [0.25, 0.3) is 0 Å². The second-order valence-electron chi connectivity index (χ2n) is 5.70. The summed E-state index contributed by atoms with van der Waals surface area (Å²) in [5.41, 5.74) is 0.616. The summed E-state index contributed by atoms with van der Waals surface area (Å²) in [4.78, 5) is 13.8. The van der Waals surface area contributed by atoms with Gasteiger partial charge in [-0.25, -0.2) is 0 Å². The van der Waals surface area contributed by atoms with Gasteiger partial charge in [-0.2, -0.15) is 0 Å². The number of carbonyl (C=O) groups is 1. The Labute approximate surface area is 168 Å². The molecule has 1 aromatic carbocycles. The second-order valence-corrected chi connectivity index (χ2v) is 8.93. The van der Waals surface area contributed by atoms with E-state index in [0.717, 1.165) is 22.4 Å². The monoisotopic (exact) mass is 419 g/mol. The quantitative estimate of drug-likeness (QED) is 0.437. The fraction of sp³-hybridized carbons (Fsp3) is 0.278. The average Bonchev–Trinajstić information content (AvgIpc) is 3.38. The summed E-state index contributed by atoms with van der Waals surface area (Å²) < 4.78 is 11.8. The largest absolute Gasteiger partial charge is 0.486 e. The number of carbonyl (C=O) groups excluding carboxylic acids is 1. The summed E-state index contributed by atoms with van der Waals surface area (Å²) in [5.74, 6) is 1.65. The van der Waals surface area contributed by atoms with E-state index in [1.165, 1.54) is 28.0 Å². The van der Waals surface area contributed by atoms with Crippen molar-refractivity contribution in [1.82, 2.24) is 10.2 Å². The van der Waals surface area contributed by atoms with Gasteiger partial charge in [0.1, 0.15) is 13.2 Å². The van der Waals surface area contributed by atoms with Gasteiger partial charge in [-0.05, 0) is 36.1 Å². The smallest absolute Gasteiger partial charge is 0.206 e. The van der Waals surface area contributed by atoms with E-state index in [2.05, 4.69) is 33.0 Å². The number of fused-ring (bicyclic) bond motifs is 1. The van der Waals surface area contributed by atoms with Gasteiger partial charge in [-0.1, -0.05) is 29.2 Å². The minimum absolute atomic E-state index is 0.0272. The number of anilines is 1. The molecule has 27 heavy (non-hydrogen) atoms. The van der Waals surface area contributed by atoms with Crippen LogP contribution in [0, 0.1) is 0 Å². The van der Waals surface area contributed by atoms with Crippen molar-refractivity contribution in [1.29, 1.82) is 0 Å². The highest BCUT2D eigenvalue weighted by Gasteiger charge is 2.16. The van der Waals surface area contributed by atoms with Gasteiger partial charge in [0, 0.05) is 17.0 Å². The first kappa shape index (κ1) is 18.3. The van der Waals surface area contributed by atoms with Gasteiger partial charge >= 0.3 is 0 Å². The number of thiophene rings is 1. The Bertz CT molecular complexity index is 912. The predicted molar refractivity (Wildman–Crippen MR) is 109 cm³/mol. The van der Waals surface area contributed by atoms with Gasteiger partial charge < -0.3 is 14.8 Å². The Hall–Kier alpha value is -2.10. The molecule has 0 unspecified atom stereocenters. The van der Waals surface area contributed by atoms with Gasteiger partial charge in [0.15, 0.2) is 21.6 Å². The lowest BCUT2D eigenvalue weighted by Crippen LogP contribution is -2.16. The minimum atomic E-state index is 0.0272. The van der Waals surface area contributed by atoms with E-state index in [4.69, 9.17) is 9.47 Å². The van der Waals surface area contributed by atoms with Crippen LogP contribution in [0.5, 0.6) is 11.5 Å². The van der Waals surface area contributed by atoms with Crippen LogP contribution >= 0.6 is 34.4 Å². The highest BCUT2D eigenvalue weighted by molar-refractivity contribution is 8.01. The third kappa shape index (κ3) is 4.79. The standard InChI is InChI=1S/C18H17N3O3S3/c22-14(12-3-4-15-16(10-12)24-8-7-23-15)11-26-18-21-20-17(27-18)19-6-5-13-2-1-9-25-13/h1-4,9-10H,5-8,11H2,(H,19,20). The van der Waals surface area contributed by atoms with E-state index in [1.54, 1.807) is 29.5 Å². The molecule has 1 aliphatic rings. The molecule has 6 nitrogen and oxygen atoms in total. The summed E-state index contributed by atoms with van der Waals surface area (Å²) >= 11 is 4.61. The van der Waals surface area contributed by atoms with Crippen LogP contribution in [0.15, 0.2) is 40.1 Å². The molecular formula is C18H17N3O3S3. The molecule has 3 aromatic rings. The first-order chi connectivity index (χ1) is 13.3. The average molecular weight is 420 g/mol. The Morgan fingerprint density at radius 2 is 2.07 bits per heavy atom. The molecule has 1 N–H and O–H groups in total. The van der Waals surface area contributed by atoms with Crippen molar-refractivity contribution >= 4 is 45.4 Å². The molecule has 9 heteroatoms. The fourth-order valence-corrected chi connectivity index (χ4v) is 4.90. The Morgan fingerprint density at radius 3 is 2.93 bits per heavy atom. The Kier molecular flexibility index (Phi) is 5.90. The van der Waals surface area contributed by atoms with Gasteiger partial charge in [-0.3, -0.25) is 4.79 Å². The van der Waals surface area contributed by atoms with Gasteiger partial charge in [-0.15, -0.1) is 21.5 Å². The number of thioether (sulfide) groups is 1. The number of ketones is 1. The number of rotatable bonds is 8. The number of benzene rings is 1. The van der Waals surface area contributed by atoms with Crippen LogP contribution < -0.4 is 14.8 Å². The molecule has 0 fully saturated rings. The first-order valence-electron chi connectivity index (χ1n) is 8.43. The SMILES string of the molecule is O=C(CSc1nnc(NCCc2cccs2)s1)c1ccc2c(c1)OCCO2. The zero-order chi connectivity index (χ0) is 18.5. The summed E-state index contributed by atoms with van der Waals surface area (Å²) in [7, 11) is 0. The molecule has 3 heterocycles. The van der Waals surface area contributed by atoms with Crippen molar-refractivity contribution in [2.75, 3.05) is 30.8 Å². The van der Waals surface area contributed by atoms with Crippen molar-refractivity contribution in [3.63, 3.8) is 0 Å². The van der Waals surface area contributed by atoms with Crippen LogP contribution in [-0.4, -0.2) is 41.5 Å². The molecule has 4 rings (SSSR count). The van der Waals surface area contributed by atoms with Crippen molar-refractivity contribution in [2.24, 2.45) is 0 Å². The Morgan fingerprint density at radius 1 is 1.19 bits per heavy atom. The number of hydrogen-bond acceptors (Lipinski definition) is 9. The topological polar surface area (TPSA) is 73.3 Å². The lowest BCUT2D eigenvalue weighted by atomic mass is 10.1. The summed E-state index contributed by atoms with van der Waals surface area (Å²) in [6, 6.07) is 9.48. The molecule has 0 saturated carbocycles. The number of hydrogen-bond donors (Lipinski definition) is 1. The molecule has 0 bridgehead atoms. The molecule has 2 aromatic heterocycles. The van der Waals surface area contributed by atoms with Crippen molar-refractivity contribution in [3.8, 4) is 11.5 Å². The van der Waals surface area contributed by atoms with Gasteiger partial charge in [0.05, 0.1) is 5.75 Å². The highest BCUT2D eigenvalue weighted by Crippen LogP contribution is 2.32. The molecule has 0 radical (unpaired) electrons. The molecule has 0 amide bonds. The lowest BCUT2D eigenvalue weighted by molar-refractivity contribution is 0.102. The van der Waals surface area contributed by atoms with Crippen LogP contribution in [0.25, 0.3) is 0 Å². The van der Waals surface area contributed by atoms with Crippen molar-refractivity contribution < 1.29 is 14.3 Å². The Balaban J connectivity index is 1.27. The number of ether oxygens (including phenoxy) is 2. The molecule has 0 aliphatic carbocycles. The van der Waals surface area contributed by atoms with E-state index >= 15 is 0 Å². The summed E-state index contributed by atoms with van der Waals surface area (Å²) in [6.45, 7) is 1.86. The fourth-order valence-electron chi connectivity index (χ4n) is 2.51. The maximum absolute atomic E-state index is 12.4. The van der Waals surface area contributed by atoms with Gasteiger partial charge in [0.2, 0.25) is 5.13 Å². The normalized spacial score (nSPS) is 12.7. The van der Waals surface area contributed by atoms with Crippen LogP contribution in [0.4, 0.5) is 5.13 Å². The molecular weight excluding hydrogens is 402 g/mol. The van der Waals surface area contributed by atoms with Crippen molar-refractivity contribution in [3.05, 3.63) is 46.2 Å². The van der Waals surface area contributed by atoms with Crippen LogP contribution in [-0.2, 0) is 6.42 Å². The zero-order valence-corrected chi connectivity index (χ0v) is 16.8. The van der Waals surface area contributed by atoms with E-state index in [9.17, 15) is 4.79 Å². The molecule has 1 aliphatic heterocycles. The van der Waals surface area contributed by atoms with Crippen molar-refractivity contribution in [2.45, 2.75) is 10.8 Å². The number of nitrogens with one attached hydrogen (secondary N) is 1. The third-order valence-corrected chi connectivity index (χ3v) is 6.78. The molecule has 0 spiro atoms. The minimum Gasteiger partial charge on any atom is -0.486 e. The summed E-state index contributed by atoms with van der Waals surface area (Å²) in [5, 5.41) is 14.4.